The van der Waals surface area contributed by atoms with E-state index in [1.807, 2.05) is 0 Å². The predicted molar refractivity (Wildman–Crippen MR) is 53.2 cm³/mol. The lowest BCUT2D eigenvalue weighted by molar-refractivity contribution is -0.120. The van der Waals surface area contributed by atoms with Crippen LogP contribution in [0.4, 0.5) is 0 Å². The fourth-order valence-electron chi connectivity index (χ4n) is 1.08. The molecule has 0 aliphatic rings. The van der Waals surface area contributed by atoms with Gasteiger partial charge in [0, 0.05) is 12.8 Å². The number of hydrogen-bond donors (Lipinski definition) is 0. The van der Waals surface area contributed by atoms with Gasteiger partial charge < -0.3 is 0 Å². The molecule has 1 unspecified atom stereocenters. The molecule has 0 fully saturated rings. The van der Waals surface area contributed by atoms with Gasteiger partial charge in [-0.15, -0.1) is 0 Å². The minimum absolute atomic E-state index is 0.443. The molecule has 72 valence electrons. The van der Waals surface area contributed by atoms with Crippen molar-refractivity contribution in [1.29, 1.82) is 0 Å². The molecule has 0 saturated carbocycles. The van der Waals surface area contributed by atoms with Gasteiger partial charge in [-0.05, 0) is 18.3 Å². The van der Waals surface area contributed by atoms with Crippen LogP contribution >= 0.6 is 0 Å². The molecule has 12 heavy (non-hydrogen) atoms. The van der Waals surface area contributed by atoms with E-state index in [9.17, 15) is 4.79 Å². The van der Waals surface area contributed by atoms with Crippen molar-refractivity contribution in [2.45, 2.75) is 53.4 Å². The van der Waals surface area contributed by atoms with Gasteiger partial charge in [-0.1, -0.05) is 34.1 Å². The summed E-state index contributed by atoms with van der Waals surface area (Å²) in [6.45, 7) is 8.61. The van der Waals surface area contributed by atoms with Gasteiger partial charge in [0.2, 0.25) is 0 Å². The first kappa shape index (κ1) is 11.7. The minimum Gasteiger partial charge on any atom is -0.300 e. The van der Waals surface area contributed by atoms with Crippen molar-refractivity contribution in [2.75, 3.05) is 0 Å². The number of rotatable bonds is 6. The summed E-state index contributed by atoms with van der Waals surface area (Å²) >= 11 is 0. The average Bonchev–Trinajstić information content (AvgIpc) is 2.00. The topological polar surface area (TPSA) is 17.1 Å². The van der Waals surface area contributed by atoms with E-state index in [0.29, 0.717) is 17.6 Å². The molecule has 0 radical (unpaired) electrons. The standard InChI is InChI=1S/C11H22O/c1-5-10(4)8-11(12)7-6-9(2)3/h9-10H,5-8H2,1-4H3. The van der Waals surface area contributed by atoms with Crippen LogP contribution < -0.4 is 0 Å². The SMILES string of the molecule is CCC(C)CC(=O)CCC(C)C. The molecule has 1 heteroatoms. The Kier molecular flexibility index (Phi) is 6.04. The van der Waals surface area contributed by atoms with E-state index in [2.05, 4.69) is 27.7 Å². The minimum atomic E-state index is 0.443. The van der Waals surface area contributed by atoms with Crippen LogP contribution in [0.25, 0.3) is 0 Å². The maximum Gasteiger partial charge on any atom is 0.133 e. The summed E-state index contributed by atoms with van der Waals surface area (Å²) in [5.74, 6) is 1.67. The summed E-state index contributed by atoms with van der Waals surface area (Å²) in [6, 6.07) is 0. The van der Waals surface area contributed by atoms with Crippen LogP contribution in [0.3, 0.4) is 0 Å². The number of hydrogen-bond acceptors (Lipinski definition) is 1. The molecule has 0 spiro atoms. The first-order chi connectivity index (χ1) is 5.56. The van der Waals surface area contributed by atoms with Crippen LogP contribution in [0.15, 0.2) is 0 Å². The van der Waals surface area contributed by atoms with Crippen molar-refractivity contribution < 1.29 is 4.79 Å². The van der Waals surface area contributed by atoms with E-state index in [1.165, 1.54) is 0 Å². The second kappa shape index (κ2) is 6.22. The zero-order valence-electron chi connectivity index (χ0n) is 8.89. The van der Waals surface area contributed by atoms with Gasteiger partial charge in [-0.2, -0.15) is 0 Å². The van der Waals surface area contributed by atoms with E-state index in [0.717, 1.165) is 25.7 Å². The molecule has 0 heterocycles. The maximum absolute atomic E-state index is 11.3. The predicted octanol–water partition coefficient (Wildman–Crippen LogP) is 3.43. The molecular weight excluding hydrogens is 148 g/mol. The fourth-order valence-corrected chi connectivity index (χ4v) is 1.08. The van der Waals surface area contributed by atoms with E-state index in [-0.39, 0.29) is 0 Å². The molecule has 0 N–H and O–H groups in total. The molecular formula is C11H22O. The van der Waals surface area contributed by atoms with Crippen LogP contribution in [-0.4, -0.2) is 5.78 Å². The third-order valence-corrected chi connectivity index (χ3v) is 2.27. The Morgan fingerprint density at radius 3 is 2.25 bits per heavy atom. The monoisotopic (exact) mass is 170 g/mol. The highest BCUT2D eigenvalue weighted by Crippen LogP contribution is 2.11. The normalized spacial score (nSPS) is 13.4. The molecule has 0 aliphatic heterocycles. The highest BCUT2D eigenvalue weighted by Gasteiger charge is 2.07. The van der Waals surface area contributed by atoms with Gasteiger partial charge in [0.25, 0.3) is 0 Å². The molecule has 0 aliphatic carbocycles. The third-order valence-electron chi connectivity index (χ3n) is 2.27. The summed E-state index contributed by atoms with van der Waals surface area (Å²) < 4.78 is 0. The molecule has 0 rings (SSSR count). The lowest BCUT2D eigenvalue weighted by Gasteiger charge is -2.07. The van der Waals surface area contributed by atoms with Crippen molar-refractivity contribution in [3.63, 3.8) is 0 Å². The van der Waals surface area contributed by atoms with Crippen LogP contribution in [0.1, 0.15) is 53.4 Å². The maximum atomic E-state index is 11.3. The molecule has 0 saturated heterocycles. The Morgan fingerprint density at radius 1 is 1.25 bits per heavy atom. The number of Topliss-reactive ketones (excluding diaryl/α,β-unsaturated/α-hetero) is 1. The fraction of sp³-hybridized carbons (Fsp3) is 0.909. The Hall–Kier alpha value is -0.330. The second-order valence-electron chi connectivity index (χ2n) is 4.19. The Morgan fingerprint density at radius 2 is 1.83 bits per heavy atom. The van der Waals surface area contributed by atoms with Crippen molar-refractivity contribution in [3.05, 3.63) is 0 Å². The Balaban J connectivity index is 3.46. The zero-order chi connectivity index (χ0) is 9.56. The molecule has 0 amide bonds. The van der Waals surface area contributed by atoms with Gasteiger partial charge in [-0.3, -0.25) is 4.79 Å². The number of ketones is 1. The van der Waals surface area contributed by atoms with E-state index >= 15 is 0 Å². The first-order valence-corrected chi connectivity index (χ1v) is 5.08. The van der Waals surface area contributed by atoms with Crippen LogP contribution in [0, 0.1) is 11.8 Å². The highest BCUT2D eigenvalue weighted by molar-refractivity contribution is 5.78. The van der Waals surface area contributed by atoms with Crippen molar-refractivity contribution in [3.8, 4) is 0 Å². The smallest absolute Gasteiger partial charge is 0.133 e. The van der Waals surface area contributed by atoms with Crippen LogP contribution in [-0.2, 0) is 4.79 Å². The van der Waals surface area contributed by atoms with E-state index in [4.69, 9.17) is 0 Å². The molecule has 1 nitrogen and oxygen atoms in total. The molecule has 0 bridgehead atoms. The summed E-state index contributed by atoms with van der Waals surface area (Å²) in [4.78, 5) is 11.3. The average molecular weight is 170 g/mol. The van der Waals surface area contributed by atoms with Gasteiger partial charge >= 0.3 is 0 Å². The summed E-state index contributed by atoms with van der Waals surface area (Å²) in [5.41, 5.74) is 0. The molecule has 1 atom stereocenters. The van der Waals surface area contributed by atoms with Crippen LogP contribution in [0.2, 0.25) is 0 Å². The Bertz CT molecular complexity index is 127. The van der Waals surface area contributed by atoms with Gasteiger partial charge in [0.05, 0.1) is 0 Å². The van der Waals surface area contributed by atoms with Gasteiger partial charge in [0.15, 0.2) is 0 Å². The van der Waals surface area contributed by atoms with Crippen molar-refractivity contribution in [1.82, 2.24) is 0 Å². The quantitative estimate of drug-likeness (QED) is 0.597. The van der Waals surface area contributed by atoms with Gasteiger partial charge in [0.1, 0.15) is 5.78 Å². The highest BCUT2D eigenvalue weighted by atomic mass is 16.1. The van der Waals surface area contributed by atoms with Gasteiger partial charge in [-0.25, -0.2) is 0 Å². The summed E-state index contributed by atoms with van der Waals surface area (Å²) in [5, 5.41) is 0. The molecule has 0 aromatic heterocycles. The van der Waals surface area contributed by atoms with E-state index in [1.54, 1.807) is 0 Å². The molecule has 0 aromatic rings. The summed E-state index contributed by atoms with van der Waals surface area (Å²) in [6.07, 6.45) is 3.73. The Labute approximate surface area is 76.6 Å². The first-order valence-electron chi connectivity index (χ1n) is 5.08. The molecule has 0 aromatic carbocycles. The lowest BCUT2D eigenvalue weighted by Crippen LogP contribution is -2.05. The van der Waals surface area contributed by atoms with Crippen molar-refractivity contribution in [2.24, 2.45) is 11.8 Å². The number of carbonyl (C=O) groups is 1. The second-order valence-corrected chi connectivity index (χ2v) is 4.19. The summed E-state index contributed by atoms with van der Waals surface area (Å²) in [7, 11) is 0. The lowest BCUT2D eigenvalue weighted by atomic mass is 9.97. The van der Waals surface area contributed by atoms with Crippen molar-refractivity contribution >= 4 is 5.78 Å². The largest absolute Gasteiger partial charge is 0.300 e. The van der Waals surface area contributed by atoms with Crippen LogP contribution in [0.5, 0.6) is 0 Å². The third kappa shape index (κ3) is 6.38. The number of carbonyl (C=O) groups excluding carboxylic acids is 1. The van der Waals surface area contributed by atoms with E-state index < -0.39 is 0 Å². The zero-order valence-corrected chi connectivity index (χ0v) is 8.89.